The molecule has 3 aromatic carbocycles. The minimum Gasteiger partial charge on any atom is -0.324 e. The second-order valence-electron chi connectivity index (χ2n) is 5.80. The highest BCUT2D eigenvalue weighted by atomic mass is 32.2. The summed E-state index contributed by atoms with van der Waals surface area (Å²) in [6.45, 7) is 1.86. The number of anilines is 1. The quantitative estimate of drug-likeness (QED) is 0.494. The normalized spacial score (nSPS) is 11.6. The fraction of sp³-hybridized carbons (Fsp3) is 0.0909. The van der Waals surface area contributed by atoms with Gasteiger partial charge in [-0.15, -0.1) is 11.8 Å². The zero-order valence-corrected chi connectivity index (χ0v) is 15.2. The molecule has 0 aliphatic carbocycles. The summed E-state index contributed by atoms with van der Waals surface area (Å²) in [5.74, 6) is -0.239. The van der Waals surface area contributed by atoms with Gasteiger partial charge < -0.3 is 5.32 Å². The lowest BCUT2D eigenvalue weighted by atomic mass is 10.0. The lowest BCUT2D eigenvalue weighted by molar-refractivity contribution is -0.115. The topological polar surface area (TPSA) is 46.2 Å². The number of thioether (sulfide) groups is 1. The number of carbonyl (C=O) groups excluding carboxylic acids is 2. The molecule has 0 saturated heterocycles. The van der Waals surface area contributed by atoms with Crippen molar-refractivity contribution in [1.82, 2.24) is 0 Å². The summed E-state index contributed by atoms with van der Waals surface area (Å²) in [5, 5.41) is 2.62. The van der Waals surface area contributed by atoms with Crippen molar-refractivity contribution in [2.75, 3.05) is 5.32 Å². The van der Waals surface area contributed by atoms with E-state index >= 15 is 0 Å². The van der Waals surface area contributed by atoms with Gasteiger partial charge in [0.05, 0.1) is 10.9 Å². The molecule has 0 radical (unpaired) electrons. The number of carbonyl (C=O) groups is 2. The van der Waals surface area contributed by atoms with Gasteiger partial charge >= 0.3 is 0 Å². The van der Waals surface area contributed by atoms with Crippen LogP contribution >= 0.6 is 11.8 Å². The molecule has 1 amide bonds. The summed E-state index contributed by atoms with van der Waals surface area (Å²) < 4.78 is 0. The van der Waals surface area contributed by atoms with Crippen molar-refractivity contribution in [2.45, 2.75) is 17.1 Å². The van der Waals surface area contributed by atoms with Crippen LogP contribution in [0.4, 0.5) is 5.69 Å². The maximum Gasteiger partial charge on any atom is 0.237 e. The Morgan fingerprint density at radius 1 is 0.808 bits per heavy atom. The fourth-order valence-corrected chi connectivity index (χ4v) is 3.41. The van der Waals surface area contributed by atoms with Gasteiger partial charge in [0.1, 0.15) is 0 Å². The lowest BCUT2D eigenvalue weighted by Gasteiger charge is -2.14. The summed E-state index contributed by atoms with van der Waals surface area (Å²) in [5.41, 5.74) is 1.62. The Kier molecular flexibility index (Phi) is 5.87. The molecule has 1 atom stereocenters. The van der Waals surface area contributed by atoms with E-state index < -0.39 is 0 Å². The number of para-hydroxylation sites is 1. The van der Waals surface area contributed by atoms with Crippen LogP contribution in [0.25, 0.3) is 0 Å². The molecule has 0 aliphatic rings. The molecule has 0 fully saturated rings. The van der Waals surface area contributed by atoms with Gasteiger partial charge in [0.25, 0.3) is 0 Å². The third kappa shape index (κ3) is 4.41. The Balaban J connectivity index is 1.76. The number of hydrogen-bond donors (Lipinski definition) is 1. The Morgan fingerprint density at radius 2 is 1.38 bits per heavy atom. The van der Waals surface area contributed by atoms with Gasteiger partial charge in [-0.3, -0.25) is 9.59 Å². The van der Waals surface area contributed by atoms with Gasteiger partial charge in [0.2, 0.25) is 5.91 Å². The molecular weight excluding hydrogens is 342 g/mol. The maximum absolute atomic E-state index is 12.8. The Labute approximate surface area is 157 Å². The molecule has 3 nitrogen and oxygen atoms in total. The van der Waals surface area contributed by atoms with Crippen LogP contribution in [-0.2, 0) is 4.79 Å². The van der Waals surface area contributed by atoms with E-state index in [1.807, 2.05) is 61.5 Å². The number of benzene rings is 3. The zero-order valence-electron chi connectivity index (χ0n) is 14.4. The first-order valence-electron chi connectivity index (χ1n) is 8.36. The second-order valence-corrected chi connectivity index (χ2v) is 7.22. The summed E-state index contributed by atoms with van der Waals surface area (Å²) in [6, 6.07) is 26.0. The largest absolute Gasteiger partial charge is 0.324 e. The van der Waals surface area contributed by atoms with E-state index in [1.165, 1.54) is 11.8 Å². The average Bonchev–Trinajstić information content (AvgIpc) is 2.69. The summed E-state index contributed by atoms with van der Waals surface area (Å²) in [6.07, 6.45) is 0. The summed E-state index contributed by atoms with van der Waals surface area (Å²) in [7, 11) is 0. The number of hydrogen-bond acceptors (Lipinski definition) is 3. The molecule has 3 aromatic rings. The standard InChI is InChI=1S/C22H19NO2S/c1-16(26-18-12-6-3-7-13-18)22(25)23-20-15-9-8-14-19(20)21(24)17-10-4-2-5-11-17/h2-16H,1H3,(H,23,25)/t16-/m0/s1. The Hall–Kier alpha value is -2.85. The van der Waals surface area contributed by atoms with Gasteiger partial charge in [0.15, 0.2) is 5.78 Å². The Morgan fingerprint density at radius 3 is 2.08 bits per heavy atom. The third-order valence-corrected chi connectivity index (χ3v) is 5.00. The predicted molar refractivity (Wildman–Crippen MR) is 107 cm³/mol. The van der Waals surface area contributed by atoms with Crippen LogP contribution < -0.4 is 5.32 Å². The third-order valence-electron chi connectivity index (χ3n) is 3.89. The first-order chi connectivity index (χ1) is 12.6. The monoisotopic (exact) mass is 361 g/mol. The average molecular weight is 361 g/mol. The first-order valence-corrected chi connectivity index (χ1v) is 9.24. The van der Waals surface area contributed by atoms with Crippen molar-refractivity contribution in [3.05, 3.63) is 96.1 Å². The van der Waals surface area contributed by atoms with Gasteiger partial charge in [-0.25, -0.2) is 0 Å². The highest BCUT2D eigenvalue weighted by Gasteiger charge is 2.18. The molecule has 26 heavy (non-hydrogen) atoms. The second kappa shape index (κ2) is 8.50. The van der Waals surface area contributed by atoms with Crippen molar-refractivity contribution in [1.29, 1.82) is 0 Å². The number of ketones is 1. The minimum atomic E-state index is -0.280. The van der Waals surface area contributed by atoms with E-state index in [1.54, 1.807) is 30.3 Å². The Bertz CT molecular complexity index is 894. The molecule has 3 rings (SSSR count). The van der Waals surface area contributed by atoms with E-state index in [0.717, 1.165) is 4.90 Å². The fourth-order valence-electron chi connectivity index (χ4n) is 2.53. The van der Waals surface area contributed by atoms with E-state index in [0.29, 0.717) is 16.8 Å². The molecule has 1 N–H and O–H groups in total. The molecule has 0 bridgehead atoms. The molecule has 0 aromatic heterocycles. The van der Waals surface area contributed by atoms with Crippen LogP contribution in [0, 0.1) is 0 Å². The SMILES string of the molecule is C[C@H](Sc1ccccc1)C(=O)Nc1ccccc1C(=O)c1ccccc1. The van der Waals surface area contributed by atoms with Crippen molar-refractivity contribution in [2.24, 2.45) is 0 Å². The number of rotatable bonds is 6. The lowest BCUT2D eigenvalue weighted by Crippen LogP contribution is -2.23. The molecule has 0 aliphatic heterocycles. The summed E-state index contributed by atoms with van der Waals surface area (Å²) in [4.78, 5) is 26.4. The van der Waals surface area contributed by atoms with Crippen molar-refractivity contribution < 1.29 is 9.59 Å². The smallest absolute Gasteiger partial charge is 0.237 e. The molecule has 0 spiro atoms. The van der Waals surface area contributed by atoms with Crippen molar-refractivity contribution in [3.8, 4) is 0 Å². The van der Waals surface area contributed by atoms with Gasteiger partial charge in [0, 0.05) is 16.0 Å². The van der Waals surface area contributed by atoms with Crippen LogP contribution in [0.2, 0.25) is 0 Å². The van der Waals surface area contributed by atoms with E-state index in [9.17, 15) is 9.59 Å². The van der Waals surface area contributed by atoms with Crippen LogP contribution in [0.15, 0.2) is 89.8 Å². The van der Waals surface area contributed by atoms with Gasteiger partial charge in [-0.2, -0.15) is 0 Å². The van der Waals surface area contributed by atoms with Gasteiger partial charge in [-0.05, 0) is 31.2 Å². The van der Waals surface area contributed by atoms with Crippen LogP contribution in [-0.4, -0.2) is 16.9 Å². The maximum atomic E-state index is 12.8. The summed E-state index contributed by atoms with van der Waals surface area (Å²) >= 11 is 1.48. The molecular formula is C22H19NO2S. The van der Waals surface area contributed by atoms with Crippen molar-refractivity contribution >= 4 is 29.1 Å². The number of amides is 1. The zero-order chi connectivity index (χ0) is 18.4. The molecule has 130 valence electrons. The van der Waals surface area contributed by atoms with E-state index in [4.69, 9.17) is 0 Å². The highest BCUT2D eigenvalue weighted by molar-refractivity contribution is 8.00. The van der Waals surface area contributed by atoms with Crippen LogP contribution in [0.5, 0.6) is 0 Å². The highest BCUT2D eigenvalue weighted by Crippen LogP contribution is 2.25. The number of nitrogens with one attached hydrogen (secondary N) is 1. The first kappa shape index (κ1) is 18.0. The molecule has 0 heterocycles. The molecule has 0 saturated carbocycles. The van der Waals surface area contributed by atoms with E-state index in [2.05, 4.69) is 5.32 Å². The van der Waals surface area contributed by atoms with E-state index in [-0.39, 0.29) is 16.9 Å². The molecule has 0 unspecified atom stereocenters. The van der Waals surface area contributed by atoms with Crippen molar-refractivity contribution in [3.63, 3.8) is 0 Å². The molecule has 4 heteroatoms. The predicted octanol–water partition coefficient (Wildman–Crippen LogP) is 5.04. The van der Waals surface area contributed by atoms with Crippen LogP contribution in [0.1, 0.15) is 22.8 Å². The minimum absolute atomic E-state index is 0.107. The van der Waals surface area contributed by atoms with Gasteiger partial charge in [-0.1, -0.05) is 60.7 Å². The van der Waals surface area contributed by atoms with Crippen LogP contribution in [0.3, 0.4) is 0 Å².